The van der Waals surface area contributed by atoms with Crippen LogP contribution in [-0.2, 0) is 6.42 Å². The van der Waals surface area contributed by atoms with Gasteiger partial charge in [0.1, 0.15) is 16.5 Å². The van der Waals surface area contributed by atoms with E-state index < -0.39 is 23.7 Å². The molecule has 0 spiro atoms. The van der Waals surface area contributed by atoms with E-state index in [0.29, 0.717) is 28.9 Å². The second kappa shape index (κ2) is 8.50. The van der Waals surface area contributed by atoms with Gasteiger partial charge < -0.3 is 10.2 Å². The molecule has 1 heterocycles. The number of hydrogen-bond acceptors (Lipinski definition) is 3. The Bertz CT molecular complexity index is 844. The number of aliphatic hydroxyl groups excluding tert-OH is 1. The Morgan fingerprint density at radius 3 is 2.59 bits per heavy atom. The first-order chi connectivity index (χ1) is 12.8. The summed E-state index contributed by atoms with van der Waals surface area (Å²) in [7, 11) is 0. The monoisotopic (exact) mass is 412 g/mol. The van der Waals surface area contributed by atoms with E-state index in [9.17, 15) is 18.7 Å². The van der Waals surface area contributed by atoms with E-state index >= 15 is 0 Å². The maximum atomic E-state index is 13.4. The topological polar surface area (TPSA) is 57.5 Å². The number of aryl methyl sites for hydroxylation is 1. The van der Waals surface area contributed by atoms with Crippen molar-refractivity contribution in [2.75, 3.05) is 0 Å². The van der Waals surface area contributed by atoms with Gasteiger partial charge in [0.2, 0.25) is 0 Å². The van der Waals surface area contributed by atoms with Gasteiger partial charge >= 0.3 is 5.97 Å². The molecular formula is C20H19ClF2O3S. The van der Waals surface area contributed by atoms with E-state index in [4.69, 9.17) is 16.7 Å². The molecule has 144 valence electrons. The molecule has 1 fully saturated rings. The molecule has 2 aromatic rings. The van der Waals surface area contributed by atoms with Crippen LogP contribution in [0, 0.1) is 17.6 Å². The number of hydrogen-bond donors (Lipinski definition) is 2. The van der Waals surface area contributed by atoms with Gasteiger partial charge in [0.05, 0.1) is 6.10 Å². The van der Waals surface area contributed by atoms with Gasteiger partial charge in [-0.25, -0.2) is 13.6 Å². The van der Waals surface area contributed by atoms with E-state index in [0.717, 1.165) is 23.8 Å². The number of benzene rings is 1. The molecule has 2 N–H and O–H groups in total. The summed E-state index contributed by atoms with van der Waals surface area (Å²) >= 11 is 7.65. The molecule has 0 amide bonds. The number of carboxylic acid groups (broad SMARTS) is 1. The molecule has 3 rings (SSSR count). The summed E-state index contributed by atoms with van der Waals surface area (Å²) in [6, 6.07) is 6.65. The minimum atomic E-state index is -0.932. The Labute approximate surface area is 164 Å². The number of aliphatic hydroxyl groups is 1. The summed E-state index contributed by atoms with van der Waals surface area (Å²) in [5.74, 6) is -2.36. The Morgan fingerprint density at radius 1 is 1.26 bits per heavy atom. The van der Waals surface area contributed by atoms with E-state index in [-0.39, 0.29) is 11.3 Å². The lowest BCUT2D eigenvalue weighted by atomic mass is 9.93. The average Bonchev–Trinajstić information content (AvgIpc) is 3.14. The van der Waals surface area contributed by atoms with Gasteiger partial charge in [-0.3, -0.25) is 0 Å². The SMILES string of the molecule is O=C(O)c1ccc(CCCC2/C(=C\c3cc(F)cc(F)c3)C(O)C[C@H]2Cl)s1. The first kappa shape index (κ1) is 20.0. The highest BCUT2D eigenvalue weighted by Crippen LogP contribution is 2.40. The minimum Gasteiger partial charge on any atom is -0.477 e. The zero-order valence-electron chi connectivity index (χ0n) is 14.4. The zero-order chi connectivity index (χ0) is 19.6. The maximum Gasteiger partial charge on any atom is 0.345 e. The van der Waals surface area contributed by atoms with Gasteiger partial charge in [-0.15, -0.1) is 22.9 Å². The molecule has 7 heteroatoms. The van der Waals surface area contributed by atoms with Crippen LogP contribution < -0.4 is 0 Å². The summed E-state index contributed by atoms with van der Waals surface area (Å²) in [4.78, 5) is 12.2. The molecule has 1 aliphatic carbocycles. The summed E-state index contributed by atoms with van der Waals surface area (Å²) < 4.78 is 26.8. The van der Waals surface area contributed by atoms with Gasteiger partial charge in [-0.1, -0.05) is 6.08 Å². The summed E-state index contributed by atoms with van der Waals surface area (Å²) in [5, 5.41) is 19.0. The maximum absolute atomic E-state index is 13.4. The second-order valence-corrected chi connectivity index (χ2v) is 8.41. The zero-order valence-corrected chi connectivity index (χ0v) is 15.9. The third kappa shape index (κ3) is 4.94. The lowest BCUT2D eigenvalue weighted by Gasteiger charge is -2.16. The highest BCUT2D eigenvalue weighted by atomic mass is 35.5. The molecule has 3 nitrogen and oxygen atoms in total. The van der Waals surface area contributed by atoms with Crippen molar-refractivity contribution < 1.29 is 23.8 Å². The number of halogens is 3. The van der Waals surface area contributed by atoms with Gasteiger partial charge in [0.25, 0.3) is 0 Å². The van der Waals surface area contributed by atoms with Crippen LogP contribution >= 0.6 is 22.9 Å². The number of carbonyl (C=O) groups is 1. The predicted molar refractivity (Wildman–Crippen MR) is 102 cm³/mol. The molecule has 27 heavy (non-hydrogen) atoms. The van der Waals surface area contributed by atoms with Crippen LogP contribution in [0.3, 0.4) is 0 Å². The Morgan fingerprint density at radius 2 is 1.96 bits per heavy atom. The van der Waals surface area contributed by atoms with Crippen molar-refractivity contribution in [3.05, 3.63) is 62.9 Å². The van der Waals surface area contributed by atoms with Crippen molar-refractivity contribution in [1.29, 1.82) is 0 Å². The summed E-state index contributed by atoms with van der Waals surface area (Å²) in [6.45, 7) is 0. The van der Waals surface area contributed by atoms with Gasteiger partial charge in [0.15, 0.2) is 0 Å². The molecule has 2 unspecified atom stereocenters. The van der Waals surface area contributed by atoms with E-state index in [2.05, 4.69) is 0 Å². The Hall–Kier alpha value is -1.76. The van der Waals surface area contributed by atoms with E-state index in [1.54, 1.807) is 12.1 Å². The van der Waals surface area contributed by atoms with Crippen LogP contribution in [0.4, 0.5) is 8.78 Å². The van der Waals surface area contributed by atoms with Crippen LogP contribution in [0.2, 0.25) is 0 Å². The number of alkyl halides is 1. The van der Waals surface area contributed by atoms with Crippen LogP contribution in [0.25, 0.3) is 6.08 Å². The van der Waals surface area contributed by atoms with Gasteiger partial charge in [0, 0.05) is 16.3 Å². The van der Waals surface area contributed by atoms with Crippen molar-refractivity contribution in [3.63, 3.8) is 0 Å². The number of aromatic carboxylic acids is 1. The van der Waals surface area contributed by atoms with Crippen LogP contribution in [0.5, 0.6) is 0 Å². The van der Waals surface area contributed by atoms with Crippen molar-refractivity contribution in [2.45, 2.75) is 37.2 Å². The minimum absolute atomic E-state index is 0.0908. The number of thiophene rings is 1. The first-order valence-corrected chi connectivity index (χ1v) is 9.90. The fourth-order valence-corrected chi connectivity index (χ4v) is 4.82. The third-order valence-corrected chi connectivity index (χ3v) is 6.34. The molecule has 1 aliphatic rings. The molecule has 1 saturated carbocycles. The van der Waals surface area contributed by atoms with Crippen molar-refractivity contribution in [2.24, 2.45) is 5.92 Å². The summed E-state index contributed by atoms with van der Waals surface area (Å²) in [5.41, 5.74) is 1.05. The number of carboxylic acids is 1. The molecule has 0 bridgehead atoms. The van der Waals surface area contributed by atoms with Crippen LogP contribution in [0.15, 0.2) is 35.9 Å². The Balaban J connectivity index is 1.70. The molecule has 1 aromatic heterocycles. The smallest absolute Gasteiger partial charge is 0.345 e. The van der Waals surface area contributed by atoms with Gasteiger partial charge in [-0.05, 0) is 67.0 Å². The molecule has 0 aliphatic heterocycles. The van der Waals surface area contributed by atoms with Crippen LogP contribution in [0.1, 0.15) is 39.4 Å². The van der Waals surface area contributed by atoms with E-state index in [1.165, 1.54) is 23.5 Å². The average molecular weight is 413 g/mol. The highest BCUT2D eigenvalue weighted by Gasteiger charge is 2.36. The largest absolute Gasteiger partial charge is 0.477 e. The van der Waals surface area contributed by atoms with Crippen molar-refractivity contribution >= 4 is 35.0 Å². The molecule has 1 aromatic carbocycles. The second-order valence-electron chi connectivity index (χ2n) is 6.68. The molecule has 0 radical (unpaired) electrons. The van der Waals surface area contributed by atoms with E-state index in [1.807, 2.05) is 6.07 Å². The molecule has 0 saturated heterocycles. The highest BCUT2D eigenvalue weighted by molar-refractivity contribution is 7.13. The van der Waals surface area contributed by atoms with Crippen molar-refractivity contribution in [3.8, 4) is 0 Å². The lowest BCUT2D eigenvalue weighted by molar-refractivity contribution is 0.0702. The molecular weight excluding hydrogens is 394 g/mol. The Kier molecular flexibility index (Phi) is 6.29. The van der Waals surface area contributed by atoms with Gasteiger partial charge in [-0.2, -0.15) is 0 Å². The summed E-state index contributed by atoms with van der Waals surface area (Å²) in [6.07, 6.45) is 3.49. The van der Waals surface area contributed by atoms with Crippen LogP contribution in [-0.4, -0.2) is 27.7 Å². The number of rotatable bonds is 6. The fourth-order valence-electron chi connectivity index (χ4n) is 3.49. The predicted octanol–water partition coefficient (Wildman–Crippen LogP) is 5.12. The first-order valence-electron chi connectivity index (χ1n) is 8.65. The standard InChI is InChI=1S/C20H19ClF2O3S/c21-17-10-18(24)16(8-11-6-12(22)9-13(23)7-11)15(17)3-1-2-14-4-5-19(27-14)20(25)26/h4-9,15,17-18,24H,1-3,10H2,(H,25,26)/b16-8+/t15?,17-,18?/m1/s1. The molecule has 3 atom stereocenters. The lowest BCUT2D eigenvalue weighted by Crippen LogP contribution is -2.10. The van der Waals surface area contributed by atoms with Crippen molar-refractivity contribution in [1.82, 2.24) is 0 Å². The third-order valence-electron chi connectivity index (χ3n) is 4.73. The fraction of sp³-hybridized carbons (Fsp3) is 0.350. The normalized spacial score (nSPS) is 23.9. The quantitative estimate of drug-likeness (QED) is 0.647.